The van der Waals surface area contributed by atoms with Crippen LogP contribution in [0.15, 0.2) is 86.2 Å². The maximum atomic E-state index is 13.7. The van der Waals surface area contributed by atoms with Crippen LogP contribution in [0, 0.1) is 0 Å². The number of aromatic nitrogens is 2. The Morgan fingerprint density at radius 2 is 1.55 bits per heavy atom. The molecule has 0 saturated heterocycles. The van der Waals surface area contributed by atoms with Crippen molar-refractivity contribution in [2.45, 2.75) is 23.3 Å². The monoisotopic (exact) mass is 538 g/mol. The second kappa shape index (κ2) is 11.0. The number of ether oxygens (including phenoxy) is 3. The van der Waals surface area contributed by atoms with Crippen molar-refractivity contribution in [3.8, 4) is 34.1 Å². The lowest BCUT2D eigenvalue weighted by Gasteiger charge is -2.19. The lowest BCUT2D eigenvalue weighted by Crippen LogP contribution is -2.21. The molecule has 0 atom stereocenters. The van der Waals surface area contributed by atoms with Crippen molar-refractivity contribution in [2.75, 3.05) is 20.8 Å². The number of sulfone groups is 1. The summed E-state index contributed by atoms with van der Waals surface area (Å²) in [6.45, 7) is 1.95. The molecule has 0 saturated carbocycles. The largest absolute Gasteiger partial charge is 0.506 e. The van der Waals surface area contributed by atoms with Gasteiger partial charge in [-0.3, -0.25) is 14.2 Å². The van der Waals surface area contributed by atoms with E-state index >= 15 is 0 Å². The number of hydrogen-bond donors (Lipinski definition) is 2. The molecule has 198 valence electrons. The zero-order valence-corrected chi connectivity index (χ0v) is 21.7. The number of aromatic hydroxyl groups is 1. The van der Waals surface area contributed by atoms with Crippen molar-refractivity contribution in [3.63, 3.8) is 0 Å². The first-order valence-corrected chi connectivity index (χ1v) is 13.0. The fraction of sp³-hybridized carbons (Fsp3) is 0.185. The number of nitrogens with zero attached hydrogens (tertiary/aromatic N) is 1. The number of rotatable bonds is 9. The Kier molecular flexibility index (Phi) is 7.70. The summed E-state index contributed by atoms with van der Waals surface area (Å²) in [6, 6.07) is 14.9. The summed E-state index contributed by atoms with van der Waals surface area (Å²) in [4.78, 5) is 26.7. The Bertz CT molecular complexity index is 1670. The highest BCUT2D eigenvalue weighted by molar-refractivity contribution is 7.91. The van der Waals surface area contributed by atoms with Crippen molar-refractivity contribution in [1.29, 1.82) is 0 Å². The molecule has 0 radical (unpaired) electrons. The van der Waals surface area contributed by atoms with Crippen molar-refractivity contribution in [3.05, 3.63) is 93.3 Å². The fourth-order valence-corrected chi connectivity index (χ4v) is 5.48. The van der Waals surface area contributed by atoms with E-state index in [1.54, 1.807) is 43.5 Å². The first-order chi connectivity index (χ1) is 18.2. The average Bonchev–Trinajstić information content (AvgIpc) is 2.91. The Hall–Kier alpha value is -4.35. The number of pyridine rings is 2. The van der Waals surface area contributed by atoms with Gasteiger partial charge in [0.25, 0.3) is 11.1 Å². The second-order valence-corrected chi connectivity index (χ2v) is 9.95. The minimum atomic E-state index is -4.52. The van der Waals surface area contributed by atoms with Gasteiger partial charge in [0.1, 0.15) is 17.2 Å². The van der Waals surface area contributed by atoms with Gasteiger partial charge < -0.3 is 24.3 Å². The SMILES string of the molecule is CCOCc1[nH]c(=O)c(S(=O)(=O)c2ccc(-n3ccccc3=O)cc2)c(O)c1-c1c(OC)cccc1OC. The second-order valence-electron chi connectivity index (χ2n) is 8.07. The van der Waals surface area contributed by atoms with Crippen molar-refractivity contribution >= 4 is 9.84 Å². The van der Waals surface area contributed by atoms with Crippen LogP contribution in [0.25, 0.3) is 16.8 Å². The fourth-order valence-electron chi connectivity index (χ4n) is 4.09. The molecule has 38 heavy (non-hydrogen) atoms. The zero-order chi connectivity index (χ0) is 27.4. The number of hydrogen-bond acceptors (Lipinski definition) is 8. The minimum Gasteiger partial charge on any atom is -0.506 e. The van der Waals surface area contributed by atoms with Gasteiger partial charge in [-0.2, -0.15) is 0 Å². The highest BCUT2D eigenvalue weighted by Crippen LogP contribution is 2.45. The Balaban J connectivity index is 1.94. The van der Waals surface area contributed by atoms with Crippen LogP contribution in [0.5, 0.6) is 17.2 Å². The van der Waals surface area contributed by atoms with Gasteiger partial charge in [0.2, 0.25) is 9.84 Å². The molecule has 0 aliphatic rings. The third kappa shape index (κ3) is 4.81. The highest BCUT2D eigenvalue weighted by atomic mass is 32.2. The lowest BCUT2D eigenvalue weighted by atomic mass is 10.0. The maximum Gasteiger partial charge on any atom is 0.271 e. The lowest BCUT2D eigenvalue weighted by molar-refractivity contribution is 0.131. The van der Waals surface area contributed by atoms with E-state index in [-0.39, 0.29) is 45.4 Å². The van der Waals surface area contributed by atoms with Crippen molar-refractivity contribution < 1.29 is 27.7 Å². The van der Waals surface area contributed by atoms with Gasteiger partial charge in [-0.25, -0.2) is 8.42 Å². The van der Waals surface area contributed by atoms with Crippen LogP contribution in [-0.4, -0.2) is 43.9 Å². The van der Waals surface area contributed by atoms with E-state index in [9.17, 15) is 23.1 Å². The normalized spacial score (nSPS) is 11.3. The smallest absolute Gasteiger partial charge is 0.271 e. The number of methoxy groups -OCH3 is 2. The van der Waals surface area contributed by atoms with E-state index < -0.39 is 26.0 Å². The van der Waals surface area contributed by atoms with Crippen molar-refractivity contribution in [2.24, 2.45) is 0 Å². The van der Waals surface area contributed by atoms with Gasteiger partial charge in [-0.15, -0.1) is 0 Å². The molecule has 0 unspecified atom stereocenters. The third-order valence-corrected chi connectivity index (χ3v) is 7.68. The number of benzene rings is 2. The molecule has 11 heteroatoms. The molecule has 0 spiro atoms. The van der Waals surface area contributed by atoms with E-state index in [1.165, 1.54) is 49.1 Å². The number of H-pyrrole nitrogens is 1. The van der Waals surface area contributed by atoms with Crippen LogP contribution < -0.4 is 20.6 Å². The molecule has 2 N–H and O–H groups in total. The zero-order valence-electron chi connectivity index (χ0n) is 20.9. The summed E-state index contributed by atoms with van der Waals surface area (Å²) in [7, 11) is -1.69. The summed E-state index contributed by atoms with van der Waals surface area (Å²) in [5.74, 6) is -0.203. The predicted octanol–water partition coefficient (Wildman–Crippen LogP) is 3.28. The van der Waals surface area contributed by atoms with E-state index in [1.807, 2.05) is 0 Å². The molecule has 10 nitrogen and oxygen atoms in total. The molecule has 0 amide bonds. The molecule has 0 fully saturated rings. The molecule has 4 rings (SSSR count). The first kappa shape index (κ1) is 26.7. The van der Waals surface area contributed by atoms with Gasteiger partial charge in [-0.05, 0) is 49.4 Å². The van der Waals surface area contributed by atoms with E-state index in [4.69, 9.17) is 14.2 Å². The predicted molar refractivity (Wildman–Crippen MR) is 140 cm³/mol. The van der Waals surface area contributed by atoms with E-state index in [2.05, 4.69) is 4.98 Å². The summed E-state index contributed by atoms with van der Waals surface area (Å²) in [5, 5.41) is 11.4. The minimum absolute atomic E-state index is 0.00150. The number of aromatic amines is 1. The van der Waals surface area contributed by atoms with Crippen LogP contribution in [-0.2, 0) is 21.2 Å². The molecule has 2 aromatic carbocycles. The molecule has 2 heterocycles. The molecular weight excluding hydrogens is 512 g/mol. The van der Waals surface area contributed by atoms with E-state index in [0.29, 0.717) is 12.3 Å². The molecular formula is C27H26N2O8S. The van der Waals surface area contributed by atoms with Crippen LogP contribution in [0.2, 0.25) is 0 Å². The highest BCUT2D eigenvalue weighted by Gasteiger charge is 2.32. The Morgan fingerprint density at radius 1 is 0.895 bits per heavy atom. The van der Waals surface area contributed by atoms with Crippen LogP contribution in [0.4, 0.5) is 0 Å². The Labute approximate surface area is 218 Å². The topological polar surface area (TPSA) is 137 Å². The van der Waals surface area contributed by atoms with Gasteiger partial charge in [0.05, 0.1) is 42.5 Å². The quantitative estimate of drug-likeness (QED) is 0.331. The molecule has 0 bridgehead atoms. The number of nitrogens with one attached hydrogen (secondary N) is 1. The van der Waals surface area contributed by atoms with Gasteiger partial charge in [-0.1, -0.05) is 12.1 Å². The van der Waals surface area contributed by atoms with Crippen LogP contribution in [0.3, 0.4) is 0 Å². The maximum absolute atomic E-state index is 13.7. The Morgan fingerprint density at radius 3 is 2.13 bits per heavy atom. The average molecular weight is 539 g/mol. The third-order valence-electron chi connectivity index (χ3n) is 5.87. The standard InChI is InChI=1S/C27H26N2O8S/c1-4-37-16-19-23(24-20(35-2)8-7-9-21(24)36-3)25(31)26(27(32)28-19)38(33,34)18-13-11-17(12-14-18)29-15-6-5-10-22(29)30/h5-15H,4,16H2,1-3H3,(H2,28,31,32). The molecule has 0 aliphatic carbocycles. The molecule has 2 aromatic heterocycles. The van der Waals surface area contributed by atoms with Crippen molar-refractivity contribution in [1.82, 2.24) is 9.55 Å². The van der Waals surface area contributed by atoms with Gasteiger partial charge >= 0.3 is 0 Å². The summed E-state index contributed by atoms with van der Waals surface area (Å²) >= 11 is 0. The van der Waals surface area contributed by atoms with Crippen LogP contribution in [0.1, 0.15) is 12.6 Å². The summed E-state index contributed by atoms with van der Waals surface area (Å²) in [6.07, 6.45) is 1.55. The summed E-state index contributed by atoms with van der Waals surface area (Å²) < 4.78 is 45.1. The molecule has 0 aliphatic heterocycles. The first-order valence-electron chi connectivity index (χ1n) is 11.5. The summed E-state index contributed by atoms with van der Waals surface area (Å²) in [5.41, 5.74) is -0.487. The van der Waals surface area contributed by atoms with Crippen LogP contribution >= 0.6 is 0 Å². The van der Waals surface area contributed by atoms with E-state index in [0.717, 1.165) is 0 Å². The van der Waals surface area contributed by atoms with Gasteiger partial charge in [0, 0.05) is 24.6 Å². The van der Waals surface area contributed by atoms with Gasteiger partial charge in [0.15, 0.2) is 4.90 Å². The molecule has 4 aromatic rings.